The number of nitrogens with one attached hydrogen (secondary N) is 1. The van der Waals surface area contributed by atoms with Gasteiger partial charge in [-0.15, -0.1) is 0 Å². The van der Waals surface area contributed by atoms with Crippen molar-refractivity contribution in [3.63, 3.8) is 0 Å². The zero-order chi connectivity index (χ0) is 13.1. The first kappa shape index (κ1) is 12.5. The predicted molar refractivity (Wildman–Crippen MR) is 62.3 cm³/mol. The Morgan fingerprint density at radius 1 is 1.39 bits per heavy atom. The first-order valence-corrected chi connectivity index (χ1v) is 5.72. The summed E-state index contributed by atoms with van der Waals surface area (Å²) in [5.41, 5.74) is 0.779. The second-order valence-electron chi connectivity index (χ2n) is 4.30. The van der Waals surface area contributed by atoms with Crippen molar-refractivity contribution in [2.45, 2.75) is 12.3 Å². The topological polar surface area (TPSA) is 55.4 Å². The fraction of sp³-hybridized carbons (Fsp3) is 0.385. The van der Waals surface area contributed by atoms with E-state index < -0.39 is 5.92 Å². The van der Waals surface area contributed by atoms with Crippen molar-refractivity contribution in [1.29, 1.82) is 0 Å². The maximum atomic E-state index is 12.9. The second-order valence-corrected chi connectivity index (χ2v) is 4.30. The fourth-order valence-corrected chi connectivity index (χ4v) is 2.24. The molecule has 96 valence electrons. The molecule has 0 aromatic heterocycles. The first-order chi connectivity index (χ1) is 8.61. The van der Waals surface area contributed by atoms with E-state index in [1.165, 1.54) is 19.2 Å². The number of rotatable bonds is 2. The minimum atomic E-state index is -0.418. The molecular formula is C13H14FNO3. The monoisotopic (exact) mass is 251 g/mol. The molecule has 0 radical (unpaired) electrons. The summed E-state index contributed by atoms with van der Waals surface area (Å²) in [6.07, 6.45) is 0.214. The van der Waals surface area contributed by atoms with Gasteiger partial charge in [-0.2, -0.15) is 0 Å². The van der Waals surface area contributed by atoms with Crippen LogP contribution in [0.15, 0.2) is 24.3 Å². The highest BCUT2D eigenvalue weighted by molar-refractivity contribution is 5.83. The highest BCUT2D eigenvalue weighted by atomic mass is 19.1. The van der Waals surface area contributed by atoms with Crippen LogP contribution in [0, 0.1) is 11.7 Å². The third-order valence-corrected chi connectivity index (χ3v) is 3.21. The van der Waals surface area contributed by atoms with Crippen molar-refractivity contribution < 1.29 is 18.7 Å². The van der Waals surface area contributed by atoms with Gasteiger partial charge < -0.3 is 10.1 Å². The molecule has 0 bridgehead atoms. The van der Waals surface area contributed by atoms with Crippen molar-refractivity contribution in [2.75, 3.05) is 13.7 Å². The van der Waals surface area contributed by atoms with Crippen molar-refractivity contribution in [2.24, 2.45) is 5.92 Å². The molecule has 1 aliphatic rings. The molecular weight excluding hydrogens is 237 g/mol. The standard InChI is InChI=1S/C13H14FNO3/c1-18-13(17)11-7-15-12(16)6-10(11)8-2-4-9(14)5-3-8/h2-5,10-11H,6-7H2,1H3,(H,15,16)/t10-,11+/m0/s1. The average Bonchev–Trinajstić information content (AvgIpc) is 2.38. The molecule has 18 heavy (non-hydrogen) atoms. The number of halogens is 1. The Kier molecular flexibility index (Phi) is 3.60. The lowest BCUT2D eigenvalue weighted by atomic mass is 9.81. The van der Waals surface area contributed by atoms with Gasteiger partial charge in [0.15, 0.2) is 0 Å². The summed E-state index contributed by atoms with van der Waals surface area (Å²) in [5, 5.41) is 2.64. The molecule has 0 unspecified atom stereocenters. The van der Waals surface area contributed by atoms with E-state index in [4.69, 9.17) is 4.74 Å². The Balaban J connectivity index is 2.27. The van der Waals surface area contributed by atoms with E-state index in [0.717, 1.165) is 5.56 Å². The SMILES string of the molecule is COC(=O)[C@@H]1CNC(=O)C[C@H]1c1ccc(F)cc1. The first-order valence-electron chi connectivity index (χ1n) is 5.72. The van der Waals surface area contributed by atoms with Crippen LogP contribution in [0.25, 0.3) is 0 Å². The van der Waals surface area contributed by atoms with Gasteiger partial charge >= 0.3 is 5.97 Å². The highest BCUT2D eigenvalue weighted by Gasteiger charge is 2.35. The highest BCUT2D eigenvalue weighted by Crippen LogP contribution is 2.31. The van der Waals surface area contributed by atoms with Gasteiger partial charge in [0.2, 0.25) is 5.91 Å². The van der Waals surface area contributed by atoms with Gasteiger partial charge in [0, 0.05) is 18.9 Å². The van der Waals surface area contributed by atoms with Crippen LogP contribution in [0.3, 0.4) is 0 Å². The van der Waals surface area contributed by atoms with Crippen LogP contribution in [0.2, 0.25) is 0 Å². The largest absolute Gasteiger partial charge is 0.469 e. The van der Waals surface area contributed by atoms with Crippen molar-refractivity contribution in [3.05, 3.63) is 35.6 Å². The third kappa shape index (κ3) is 2.50. The summed E-state index contributed by atoms with van der Waals surface area (Å²) >= 11 is 0. The molecule has 1 aliphatic heterocycles. The van der Waals surface area contributed by atoms with Gasteiger partial charge in [-0.25, -0.2) is 4.39 Å². The van der Waals surface area contributed by atoms with Crippen LogP contribution in [0.1, 0.15) is 17.9 Å². The van der Waals surface area contributed by atoms with Gasteiger partial charge in [0.25, 0.3) is 0 Å². The van der Waals surface area contributed by atoms with E-state index in [2.05, 4.69) is 5.32 Å². The Hall–Kier alpha value is -1.91. The summed E-state index contributed by atoms with van der Waals surface area (Å²) < 4.78 is 17.6. The van der Waals surface area contributed by atoms with Gasteiger partial charge in [0.1, 0.15) is 5.82 Å². The number of methoxy groups -OCH3 is 1. The van der Waals surface area contributed by atoms with Crippen LogP contribution in [-0.4, -0.2) is 25.5 Å². The molecule has 1 saturated heterocycles. The quantitative estimate of drug-likeness (QED) is 0.804. The molecule has 0 spiro atoms. The zero-order valence-corrected chi connectivity index (χ0v) is 9.98. The number of piperidine rings is 1. The third-order valence-electron chi connectivity index (χ3n) is 3.21. The van der Waals surface area contributed by atoms with E-state index in [0.29, 0.717) is 0 Å². The van der Waals surface area contributed by atoms with E-state index in [-0.39, 0.29) is 36.6 Å². The van der Waals surface area contributed by atoms with Gasteiger partial charge in [-0.1, -0.05) is 12.1 Å². The molecule has 0 saturated carbocycles. The summed E-state index contributed by atoms with van der Waals surface area (Å²) in [6, 6.07) is 5.87. The zero-order valence-electron chi connectivity index (χ0n) is 9.98. The number of amides is 1. The van der Waals surface area contributed by atoms with Crippen LogP contribution >= 0.6 is 0 Å². The van der Waals surface area contributed by atoms with Gasteiger partial charge in [-0.05, 0) is 17.7 Å². The van der Waals surface area contributed by atoms with Gasteiger partial charge in [-0.3, -0.25) is 9.59 Å². The van der Waals surface area contributed by atoms with Crippen LogP contribution in [0.5, 0.6) is 0 Å². The van der Waals surface area contributed by atoms with Crippen LogP contribution in [-0.2, 0) is 14.3 Å². The summed E-state index contributed by atoms with van der Waals surface area (Å²) in [7, 11) is 1.32. The Morgan fingerprint density at radius 3 is 2.67 bits per heavy atom. The Labute approximate surface area is 104 Å². The molecule has 0 aliphatic carbocycles. The molecule has 1 N–H and O–H groups in total. The number of esters is 1. The number of ether oxygens (including phenoxy) is 1. The molecule has 2 rings (SSSR count). The molecule has 1 amide bonds. The number of carbonyl (C=O) groups is 2. The maximum absolute atomic E-state index is 12.9. The van der Waals surface area contributed by atoms with E-state index in [9.17, 15) is 14.0 Å². The Bertz CT molecular complexity index is 458. The summed E-state index contributed by atoms with van der Waals surface area (Å²) in [6.45, 7) is 0.257. The van der Waals surface area contributed by atoms with E-state index in [1.807, 2.05) is 0 Å². The molecule has 1 aromatic carbocycles. The van der Waals surface area contributed by atoms with Crippen LogP contribution < -0.4 is 5.32 Å². The summed E-state index contributed by atoms with van der Waals surface area (Å²) in [5.74, 6) is -1.48. The minimum absolute atomic E-state index is 0.107. The lowest BCUT2D eigenvalue weighted by molar-refractivity contribution is -0.147. The smallest absolute Gasteiger partial charge is 0.311 e. The molecule has 5 heteroatoms. The lowest BCUT2D eigenvalue weighted by Gasteiger charge is -2.29. The average molecular weight is 251 g/mol. The molecule has 1 aromatic rings. The van der Waals surface area contributed by atoms with Crippen molar-refractivity contribution in [3.8, 4) is 0 Å². The lowest BCUT2D eigenvalue weighted by Crippen LogP contribution is -2.43. The normalized spacial score (nSPS) is 23.3. The number of carbonyl (C=O) groups excluding carboxylic acids is 2. The molecule has 1 heterocycles. The second kappa shape index (κ2) is 5.16. The molecule has 4 nitrogen and oxygen atoms in total. The summed E-state index contributed by atoms with van der Waals surface area (Å²) in [4.78, 5) is 23.1. The van der Waals surface area contributed by atoms with Crippen LogP contribution in [0.4, 0.5) is 4.39 Å². The minimum Gasteiger partial charge on any atom is -0.469 e. The predicted octanol–water partition coefficient (Wildman–Crippen LogP) is 1.22. The number of hydrogen-bond donors (Lipinski definition) is 1. The maximum Gasteiger partial charge on any atom is 0.311 e. The van der Waals surface area contributed by atoms with E-state index >= 15 is 0 Å². The molecule has 2 atom stereocenters. The van der Waals surface area contributed by atoms with Gasteiger partial charge in [0.05, 0.1) is 13.0 Å². The number of benzene rings is 1. The van der Waals surface area contributed by atoms with E-state index in [1.54, 1.807) is 12.1 Å². The fourth-order valence-electron chi connectivity index (χ4n) is 2.24. The van der Waals surface area contributed by atoms with Crippen molar-refractivity contribution >= 4 is 11.9 Å². The van der Waals surface area contributed by atoms with Crippen molar-refractivity contribution in [1.82, 2.24) is 5.32 Å². The number of hydrogen-bond acceptors (Lipinski definition) is 3. The molecule has 1 fully saturated rings. The Morgan fingerprint density at radius 2 is 2.06 bits per heavy atom.